The maximum Gasteiger partial charge on any atom is 0.230 e. The number of sulfone groups is 1. The highest BCUT2D eigenvalue weighted by Crippen LogP contribution is 2.28. The summed E-state index contributed by atoms with van der Waals surface area (Å²) in [5, 5.41) is 7.61. The maximum atomic E-state index is 12.3. The molecule has 6 nitrogen and oxygen atoms in total. The SMILES string of the molecule is CS(=O)(=O)CCOc1cccc(NC(=O)Cc2csc(-c3cccs3)n2)c1. The molecule has 0 radical (unpaired) electrons. The van der Waals surface area contributed by atoms with E-state index in [4.69, 9.17) is 4.74 Å². The summed E-state index contributed by atoms with van der Waals surface area (Å²) in [4.78, 5) is 17.9. The van der Waals surface area contributed by atoms with Crippen LogP contribution in [-0.4, -0.2) is 37.9 Å². The van der Waals surface area contributed by atoms with Gasteiger partial charge in [-0.3, -0.25) is 4.79 Å². The van der Waals surface area contributed by atoms with E-state index in [0.29, 0.717) is 11.4 Å². The summed E-state index contributed by atoms with van der Waals surface area (Å²) in [5.41, 5.74) is 1.31. The molecule has 0 spiro atoms. The van der Waals surface area contributed by atoms with Gasteiger partial charge in [0.15, 0.2) is 9.84 Å². The van der Waals surface area contributed by atoms with E-state index in [2.05, 4.69) is 10.3 Å². The fraction of sp³-hybridized carbons (Fsp3) is 0.222. The smallest absolute Gasteiger partial charge is 0.230 e. The maximum absolute atomic E-state index is 12.3. The number of carbonyl (C=O) groups excluding carboxylic acids is 1. The van der Waals surface area contributed by atoms with Crippen molar-refractivity contribution < 1.29 is 17.9 Å². The van der Waals surface area contributed by atoms with Gasteiger partial charge in [-0.05, 0) is 23.6 Å². The lowest BCUT2D eigenvalue weighted by Crippen LogP contribution is -2.15. The van der Waals surface area contributed by atoms with E-state index in [-0.39, 0.29) is 24.7 Å². The summed E-state index contributed by atoms with van der Waals surface area (Å²) < 4.78 is 27.7. The highest BCUT2D eigenvalue weighted by molar-refractivity contribution is 7.90. The van der Waals surface area contributed by atoms with Crippen molar-refractivity contribution in [1.29, 1.82) is 0 Å². The molecule has 0 unspecified atom stereocenters. The summed E-state index contributed by atoms with van der Waals surface area (Å²) in [6, 6.07) is 10.8. The topological polar surface area (TPSA) is 85.4 Å². The molecule has 0 atom stereocenters. The number of thiazole rings is 1. The first-order valence-corrected chi connectivity index (χ1v) is 11.9. The van der Waals surface area contributed by atoms with Gasteiger partial charge in [-0.25, -0.2) is 13.4 Å². The van der Waals surface area contributed by atoms with Crippen LogP contribution in [0.15, 0.2) is 47.2 Å². The molecule has 1 aromatic carbocycles. The highest BCUT2D eigenvalue weighted by atomic mass is 32.2. The quantitative estimate of drug-likeness (QED) is 0.601. The van der Waals surface area contributed by atoms with Crippen LogP contribution in [0.3, 0.4) is 0 Å². The van der Waals surface area contributed by atoms with Crippen molar-refractivity contribution in [1.82, 2.24) is 4.98 Å². The summed E-state index contributed by atoms with van der Waals surface area (Å²) in [5.74, 6) is 0.274. The number of hydrogen-bond acceptors (Lipinski definition) is 7. The first kappa shape index (κ1) is 19.5. The number of thiophene rings is 1. The number of hydrogen-bond donors (Lipinski definition) is 1. The fourth-order valence-electron chi connectivity index (χ4n) is 2.25. The third-order valence-corrected chi connectivity index (χ3v) is 6.30. The second kappa shape index (κ2) is 8.64. The molecule has 0 saturated heterocycles. The third kappa shape index (κ3) is 6.16. The number of rotatable bonds is 8. The Morgan fingerprint density at radius 3 is 2.81 bits per heavy atom. The van der Waals surface area contributed by atoms with Gasteiger partial charge in [-0.2, -0.15) is 0 Å². The lowest BCUT2D eigenvalue weighted by Gasteiger charge is -2.08. The van der Waals surface area contributed by atoms with E-state index in [0.717, 1.165) is 21.8 Å². The molecule has 2 aromatic heterocycles. The Morgan fingerprint density at radius 1 is 1.22 bits per heavy atom. The van der Waals surface area contributed by atoms with E-state index in [1.165, 1.54) is 11.3 Å². The second-order valence-electron chi connectivity index (χ2n) is 5.85. The summed E-state index contributed by atoms with van der Waals surface area (Å²) in [6.45, 7) is 0.0700. The van der Waals surface area contributed by atoms with Crippen LogP contribution in [0, 0.1) is 0 Å². The van der Waals surface area contributed by atoms with Gasteiger partial charge in [0, 0.05) is 23.4 Å². The van der Waals surface area contributed by atoms with Crippen LogP contribution in [0.2, 0.25) is 0 Å². The molecule has 0 aliphatic heterocycles. The molecular weight excluding hydrogens is 404 g/mol. The molecule has 0 bridgehead atoms. The Balaban J connectivity index is 1.55. The number of benzene rings is 1. The average molecular weight is 423 g/mol. The largest absolute Gasteiger partial charge is 0.492 e. The van der Waals surface area contributed by atoms with Gasteiger partial charge >= 0.3 is 0 Å². The Kier molecular flexibility index (Phi) is 6.25. The van der Waals surface area contributed by atoms with Gasteiger partial charge in [-0.15, -0.1) is 22.7 Å². The molecule has 0 saturated carbocycles. The van der Waals surface area contributed by atoms with Crippen LogP contribution < -0.4 is 10.1 Å². The number of amides is 1. The standard InChI is InChI=1S/C18H18N2O4S3/c1-27(22,23)9-7-24-15-5-2-4-13(10-15)19-17(21)11-14-12-26-18(20-14)16-6-3-8-25-16/h2-6,8,10,12H,7,9,11H2,1H3,(H,19,21). The molecule has 0 fully saturated rings. The number of nitrogens with zero attached hydrogens (tertiary/aromatic N) is 1. The van der Waals surface area contributed by atoms with Crippen molar-refractivity contribution in [3.8, 4) is 15.6 Å². The lowest BCUT2D eigenvalue weighted by molar-refractivity contribution is -0.115. The van der Waals surface area contributed by atoms with Crippen molar-refractivity contribution in [2.24, 2.45) is 0 Å². The van der Waals surface area contributed by atoms with Crippen LogP contribution in [0.1, 0.15) is 5.69 Å². The molecule has 0 aliphatic carbocycles. The fourth-order valence-corrected chi connectivity index (χ4v) is 4.27. The first-order chi connectivity index (χ1) is 12.9. The van der Waals surface area contributed by atoms with Crippen LogP contribution >= 0.6 is 22.7 Å². The minimum absolute atomic E-state index is 0.0556. The Labute approximate surface area is 165 Å². The summed E-state index contributed by atoms with van der Waals surface area (Å²) in [6.07, 6.45) is 1.34. The van der Waals surface area contributed by atoms with Gasteiger partial charge in [0.1, 0.15) is 17.4 Å². The van der Waals surface area contributed by atoms with Crippen molar-refractivity contribution in [3.63, 3.8) is 0 Å². The van der Waals surface area contributed by atoms with E-state index in [9.17, 15) is 13.2 Å². The zero-order valence-electron chi connectivity index (χ0n) is 14.5. The van der Waals surface area contributed by atoms with Crippen LogP contribution in [-0.2, 0) is 21.1 Å². The molecule has 1 amide bonds. The van der Waals surface area contributed by atoms with Crippen molar-refractivity contribution in [2.45, 2.75) is 6.42 Å². The minimum atomic E-state index is -3.07. The molecule has 9 heteroatoms. The summed E-state index contributed by atoms with van der Waals surface area (Å²) >= 11 is 3.14. The van der Waals surface area contributed by atoms with Gasteiger partial charge in [-0.1, -0.05) is 12.1 Å². The highest BCUT2D eigenvalue weighted by Gasteiger charge is 2.10. The number of carbonyl (C=O) groups is 1. The van der Waals surface area contributed by atoms with Gasteiger partial charge in [0.25, 0.3) is 0 Å². The average Bonchev–Trinajstić information content (AvgIpc) is 3.25. The number of aromatic nitrogens is 1. The molecule has 0 aliphatic rings. The van der Waals surface area contributed by atoms with Gasteiger partial charge in [0.2, 0.25) is 5.91 Å². The van der Waals surface area contributed by atoms with E-state index in [1.54, 1.807) is 35.6 Å². The molecule has 3 rings (SSSR count). The van der Waals surface area contributed by atoms with Crippen molar-refractivity contribution in [3.05, 3.63) is 52.9 Å². The van der Waals surface area contributed by atoms with Gasteiger partial charge < -0.3 is 10.1 Å². The normalized spacial score (nSPS) is 11.3. The van der Waals surface area contributed by atoms with Crippen LogP contribution in [0.25, 0.3) is 9.88 Å². The predicted molar refractivity (Wildman–Crippen MR) is 109 cm³/mol. The van der Waals surface area contributed by atoms with Crippen LogP contribution in [0.4, 0.5) is 5.69 Å². The molecule has 3 aromatic rings. The molecule has 142 valence electrons. The van der Waals surface area contributed by atoms with E-state index < -0.39 is 9.84 Å². The van der Waals surface area contributed by atoms with Crippen LogP contribution in [0.5, 0.6) is 5.75 Å². The lowest BCUT2D eigenvalue weighted by atomic mass is 10.2. The Morgan fingerprint density at radius 2 is 2.07 bits per heavy atom. The number of nitrogens with one attached hydrogen (secondary N) is 1. The molecule has 2 heterocycles. The second-order valence-corrected chi connectivity index (χ2v) is 9.92. The zero-order valence-corrected chi connectivity index (χ0v) is 17.0. The van der Waals surface area contributed by atoms with Crippen molar-refractivity contribution in [2.75, 3.05) is 23.9 Å². The van der Waals surface area contributed by atoms with Crippen molar-refractivity contribution >= 4 is 44.1 Å². The Hall–Kier alpha value is -2.23. The number of anilines is 1. The monoisotopic (exact) mass is 422 g/mol. The van der Waals surface area contributed by atoms with Gasteiger partial charge in [0.05, 0.1) is 22.7 Å². The zero-order chi connectivity index (χ0) is 19.3. The minimum Gasteiger partial charge on any atom is -0.492 e. The summed E-state index contributed by atoms with van der Waals surface area (Å²) in [7, 11) is -3.07. The molecule has 1 N–H and O–H groups in total. The molecule has 27 heavy (non-hydrogen) atoms. The van der Waals surface area contributed by atoms with E-state index >= 15 is 0 Å². The van der Waals surface area contributed by atoms with E-state index in [1.807, 2.05) is 22.9 Å². The third-order valence-electron chi connectivity index (χ3n) is 3.47. The number of ether oxygens (including phenoxy) is 1. The Bertz CT molecular complexity index is 1010. The molecular formula is C18H18N2O4S3. The first-order valence-electron chi connectivity index (χ1n) is 8.08. The predicted octanol–water partition coefficient (Wildman–Crippen LogP) is 3.48.